The van der Waals surface area contributed by atoms with Crippen molar-refractivity contribution in [1.29, 1.82) is 0 Å². The second-order valence-electron chi connectivity index (χ2n) is 7.89. The van der Waals surface area contributed by atoms with Gasteiger partial charge in [-0.3, -0.25) is 4.79 Å². The van der Waals surface area contributed by atoms with E-state index in [4.69, 9.17) is 0 Å². The van der Waals surface area contributed by atoms with Gasteiger partial charge in [-0.2, -0.15) is 26.3 Å². The summed E-state index contributed by atoms with van der Waals surface area (Å²) in [4.78, 5) is 14.2. The first-order valence-corrected chi connectivity index (χ1v) is 10.3. The van der Waals surface area contributed by atoms with Crippen molar-refractivity contribution >= 4 is 5.91 Å². The minimum Gasteiger partial charge on any atom is -0.345 e. The molecule has 0 saturated heterocycles. The van der Waals surface area contributed by atoms with Gasteiger partial charge in [0.2, 0.25) is 0 Å². The van der Waals surface area contributed by atoms with Crippen LogP contribution in [0.1, 0.15) is 38.3 Å². The van der Waals surface area contributed by atoms with Gasteiger partial charge in [0, 0.05) is 30.5 Å². The van der Waals surface area contributed by atoms with Crippen molar-refractivity contribution in [3.05, 3.63) is 107 Å². The highest BCUT2D eigenvalue weighted by Crippen LogP contribution is 2.36. The summed E-state index contributed by atoms with van der Waals surface area (Å²) in [6, 6.07) is 12.2. The fourth-order valence-corrected chi connectivity index (χ4v) is 3.59. The Balaban J connectivity index is 1.93. The Labute approximate surface area is 192 Å². The zero-order valence-electron chi connectivity index (χ0n) is 18.2. The molecule has 3 rings (SSSR count). The number of benzene rings is 2. The molecule has 0 aliphatic heterocycles. The molecular formula is C25H22F6N2O. The first kappa shape index (κ1) is 25.1. The molecule has 1 heterocycles. The van der Waals surface area contributed by atoms with Crippen molar-refractivity contribution in [3.63, 3.8) is 0 Å². The number of hydrogen-bond donors (Lipinski definition) is 0. The monoisotopic (exact) mass is 480 g/mol. The average Bonchev–Trinajstić information content (AvgIpc) is 3.18. The Morgan fingerprint density at radius 2 is 1.62 bits per heavy atom. The van der Waals surface area contributed by atoms with Gasteiger partial charge in [0.05, 0.1) is 17.7 Å². The van der Waals surface area contributed by atoms with Gasteiger partial charge in [-0.25, -0.2) is 0 Å². The van der Waals surface area contributed by atoms with Gasteiger partial charge in [0.15, 0.2) is 0 Å². The van der Waals surface area contributed by atoms with Crippen molar-refractivity contribution in [2.45, 2.75) is 32.4 Å². The van der Waals surface area contributed by atoms with Gasteiger partial charge in [-0.05, 0) is 42.8 Å². The maximum atomic E-state index is 13.2. The highest BCUT2D eigenvalue weighted by molar-refractivity contribution is 5.94. The number of aromatic nitrogens is 1. The van der Waals surface area contributed by atoms with E-state index in [1.807, 2.05) is 35.8 Å². The predicted octanol–water partition coefficient (Wildman–Crippen LogP) is 6.71. The van der Waals surface area contributed by atoms with Crippen LogP contribution in [-0.4, -0.2) is 21.9 Å². The number of carbonyl (C=O) groups excluding carboxylic acids is 1. The molecule has 0 aliphatic carbocycles. The van der Waals surface area contributed by atoms with Crippen molar-refractivity contribution in [1.82, 2.24) is 9.47 Å². The van der Waals surface area contributed by atoms with Crippen LogP contribution in [0.2, 0.25) is 0 Å². The number of alkyl halides is 6. The Morgan fingerprint density at radius 1 is 0.971 bits per heavy atom. The summed E-state index contributed by atoms with van der Waals surface area (Å²) >= 11 is 0. The average molecular weight is 480 g/mol. The van der Waals surface area contributed by atoms with Gasteiger partial charge in [-0.1, -0.05) is 35.9 Å². The molecule has 3 nitrogen and oxygen atoms in total. The number of rotatable bonds is 7. The van der Waals surface area contributed by atoms with E-state index in [1.54, 1.807) is 18.3 Å². The van der Waals surface area contributed by atoms with Crippen molar-refractivity contribution in [2.24, 2.45) is 0 Å². The van der Waals surface area contributed by atoms with Gasteiger partial charge in [0.1, 0.15) is 0 Å². The lowest BCUT2D eigenvalue weighted by Crippen LogP contribution is -2.32. The zero-order valence-corrected chi connectivity index (χ0v) is 18.2. The highest BCUT2D eigenvalue weighted by Gasteiger charge is 2.38. The smallest absolute Gasteiger partial charge is 0.345 e. The predicted molar refractivity (Wildman–Crippen MR) is 116 cm³/mol. The molecule has 0 unspecified atom stereocenters. The number of halogens is 6. The lowest BCUT2D eigenvalue weighted by Gasteiger charge is -2.23. The van der Waals surface area contributed by atoms with Crippen LogP contribution in [0.25, 0.3) is 0 Å². The molecule has 0 fully saturated rings. The maximum Gasteiger partial charge on any atom is 0.416 e. The van der Waals surface area contributed by atoms with Gasteiger partial charge < -0.3 is 9.47 Å². The molecule has 0 aliphatic rings. The quantitative estimate of drug-likeness (QED) is 0.273. The van der Waals surface area contributed by atoms with E-state index in [9.17, 15) is 31.1 Å². The summed E-state index contributed by atoms with van der Waals surface area (Å²) < 4.78 is 81.2. The third-order valence-corrected chi connectivity index (χ3v) is 5.18. The van der Waals surface area contributed by atoms with Crippen LogP contribution in [-0.2, 0) is 25.4 Å². The van der Waals surface area contributed by atoms with Crippen molar-refractivity contribution in [3.8, 4) is 0 Å². The number of hydrogen-bond acceptors (Lipinski definition) is 1. The Bertz CT molecular complexity index is 1140. The van der Waals surface area contributed by atoms with Crippen molar-refractivity contribution in [2.75, 3.05) is 6.54 Å². The normalized spacial score (nSPS) is 12.0. The molecule has 9 heteroatoms. The molecule has 0 bridgehead atoms. The SMILES string of the molecule is C=CCN(Cc1cccn1Cc1cccc(C)c1)C(=O)c1cc(C(F)(F)F)cc(C(F)(F)F)c1. The van der Waals surface area contributed by atoms with Gasteiger partial charge in [0.25, 0.3) is 5.91 Å². The van der Waals surface area contributed by atoms with E-state index < -0.39 is 35.0 Å². The first-order chi connectivity index (χ1) is 15.9. The molecule has 2 aromatic carbocycles. The lowest BCUT2D eigenvalue weighted by molar-refractivity contribution is -0.143. The fourth-order valence-electron chi connectivity index (χ4n) is 3.59. The maximum absolute atomic E-state index is 13.2. The van der Waals surface area contributed by atoms with Crippen LogP contribution in [0.15, 0.2) is 73.4 Å². The molecule has 0 radical (unpaired) electrons. The molecule has 180 valence electrons. The second-order valence-corrected chi connectivity index (χ2v) is 7.89. The molecular weight excluding hydrogens is 458 g/mol. The van der Waals surface area contributed by atoms with Crippen LogP contribution in [0.4, 0.5) is 26.3 Å². The molecule has 34 heavy (non-hydrogen) atoms. The number of carbonyl (C=O) groups is 1. The van der Waals surface area contributed by atoms with E-state index in [1.165, 1.54) is 6.08 Å². The number of aryl methyl sites for hydroxylation is 1. The third-order valence-electron chi connectivity index (χ3n) is 5.18. The van der Waals surface area contributed by atoms with E-state index in [-0.39, 0.29) is 19.2 Å². The topological polar surface area (TPSA) is 25.2 Å². The number of nitrogens with zero attached hydrogens (tertiary/aromatic N) is 2. The molecule has 1 aromatic heterocycles. The fraction of sp³-hybridized carbons (Fsp3) is 0.240. The van der Waals surface area contributed by atoms with E-state index in [2.05, 4.69) is 6.58 Å². The summed E-state index contributed by atoms with van der Waals surface area (Å²) in [5.41, 5.74) is -1.02. The largest absolute Gasteiger partial charge is 0.416 e. The Morgan fingerprint density at radius 3 is 2.18 bits per heavy atom. The first-order valence-electron chi connectivity index (χ1n) is 10.3. The van der Waals surface area contributed by atoms with E-state index in [0.717, 1.165) is 16.0 Å². The highest BCUT2D eigenvalue weighted by atomic mass is 19.4. The van der Waals surface area contributed by atoms with Crippen LogP contribution in [0, 0.1) is 6.92 Å². The molecule has 0 spiro atoms. The van der Waals surface area contributed by atoms with Crippen LogP contribution in [0.5, 0.6) is 0 Å². The van der Waals surface area contributed by atoms with Gasteiger partial charge in [-0.15, -0.1) is 6.58 Å². The Hall–Kier alpha value is -3.49. The van der Waals surface area contributed by atoms with Crippen LogP contribution < -0.4 is 0 Å². The minimum absolute atomic E-state index is 0.00161. The van der Waals surface area contributed by atoms with Crippen LogP contribution >= 0.6 is 0 Å². The molecule has 0 saturated carbocycles. The summed E-state index contributed by atoms with van der Waals surface area (Å²) in [5.74, 6) is -0.959. The molecule has 0 atom stereocenters. The molecule has 1 amide bonds. The van der Waals surface area contributed by atoms with Gasteiger partial charge >= 0.3 is 12.4 Å². The summed E-state index contributed by atoms with van der Waals surface area (Å²) in [5, 5.41) is 0. The van der Waals surface area contributed by atoms with Crippen molar-refractivity contribution < 1.29 is 31.1 Å². The lowest BCUT2D eigenvalue weighted by atomic mass is 10.0. The summed E-state index contributed by atoms with van der Waals surface area (Å²) in [6.45, 7) is 5.91. The summed E-state index contributed by atoms with van der Waals surface area (Å²) in [6.07, 6.45) is -6.92. The third kappa shape index (κ3) is 6.09. The van der Waals surface area contributed by atoms with E-state index >= 15 is 0 Å². The molecule has 0 N–H and O–H groups in total. The molecule has 3 aromatic rings. The summed E-state index contributed by atoms with van der Waals surface area (Å²) in [7, 11) is 0. The van der Waals surface area contributed by atoms with E-state index in [0.29, 0.717) is 24.4 Å². The Kier molecular flexibility index (Phi) is 7.24. The minimum atomic E-state index is -5.04. The standard InChI is InChI=1S/C25H22F6N2O/c1-3-9-33(16-22-8-5-10-32(22)15-18-7-4-6-17(2)11-18)23(34)19-12-20(24(26,27)28)14-21(13-19)25(29,30)31/h3-8,10-14H,1,9,15-16H2,2H3. The second kappa shape index (κ2) is 9.79. The number of amides is 1. The van der Waals surface area contributed by atoms with Crippen LogP contribution in [0.3, 0.4) is 0 Å². The zero-order chi connectivity index (χ0) is 25.1.